The van der Waals surface area contributed by atoms with Crippen LogP contribution in [0.5, 0.6) is 0 Å². The van der Waals surface area contributed by atoms with Crippen LogP contribution >= 0.6 is 0 Å². The van der Waals surface area contributed by atoms with E-state index in [0.29, 0.717) is 6.54 Å². The maximum absolute atomic E-state index is 11.4. The number of nitrogens with zero attached hydrogens (tertiary/aromatic N) is 3. The Bertz CT molecular complexity index is 440. The molecule has 0 saturated heterocycles. The molecule has 0 radical (unpaired) electrons. The van der Waals surface area contributed by atoms with Crippen molar-refractivity contribution in [2.24, 2.45) is 0 Å². The Kier molecular flexibility index (Phi) is 4.53. The van der Waals surface area contributed by atoms with Gasteiger partial charge in [0.2, 0.25) is 0 Å². The van der Waals surface area contributed by atoms with Crippen molar-refractivity contribution in [3.05, 3.63) is 23.9 Å². The van der Waals surface area contributed by atoms with Crippen molar-refractivity contribution in [1.82, 2.24) is 9.88 Å². The van der Waals surface area contributed by atoms with Crippen LogP contribution in [0.2, 0.25) is 0 Å². The molecule has 90 valence electrons. The third-order valence-corrected chi connectivity index (χ3v) is 2.27. The molecule has 0 aromatic carbocycles. The molecule has 1 aromatic rings. The smallest absolute Gasteiger partial charge is 0.298 e. The van der Waals surface area contributed by atoms with Gasteiger partial charge in [-0.1, -0.05) is 12.0 Å². The van der Waals surface area contributed by atoms with Crippen LogP contribution in [0.15, 0.2) is 18.3 Å². The first-order chi connectivity index (χ1) is 8.04. The van der Waals surface area contributed by atoms with Crippen molar-refractivity contribution in [1.29, 1.82) is 0 Å². The summed E-state index contributed by atoms with van der Waals surface area (Å²) in [6.45, 7) is 2.17. The summed E-state index contributed by atoms with van der Waals surface area (Å²) in [6, 6.07) is 3.89. The van der Waals surface area contributed by atoms with Crippen molar-refractivity contribution in [2.75, 3.05) is 26.0 Å². The first-order valence-electron chi connectivity index (χ1n) is 5.34. The number of hydrogen-bond acceptors (Lipinski definition) is 3. The van der Waals surface area contributed by atoms with Crippen LogP contribution < -0.4 is 4.90 Å². The molecule has 17 heavy (non-hydrogen) atoms. The molecule has 1 heterocycles. The first-order valence-corrected chi connectivity index (χ1v) is 5.34. The summed E-state index contributed by atoms with van der Waals surface area (Å²) in [5.41, 5.74) is 0.990. The highest BCUT2D eigenvalue weighted by Crippen LogP contribution is 2.09. The third-order valence-electron chi connectivity index (χ3n) is 2.27. The fourth-order valence-corrected chi connectivity index (χ4v) is 1.32. The van der Waals surface area contributed by atoms with Crippen LogP contribution in [-0.4, -0.2) is 36.9 Å². The molecular formula is C13H17N3O. The van der Waals surface area contributed by atoms with E-state index in [1.54, 1.807) is 25.1 Å². The van der Waals surface area contributed by atoms with Crippen LogP contribution in [0.1, 0.15) is 12.5 Å². The lowest BCUT2D eigenvalue weighted by molar-refractivity contribution is -0.124. The van der Waals surface area contributed by atoms with Crippen LogP contribution in [0, 0.1) is 11.8 Å². The Morgan fingerprint density at radius 3 is 2.53 bits per heavy atom. The van der Waals surface area contributed by atoms with E-state index in [-0.39, 0.29) is 5.91 Å². The quantitative estimate of drug-likeness (QED) is 0.732. The predicted octanol–water partition coefficient (Wildman–Crippen LogP) is 1.13. The number of amides is 1. The van der Waals surface area contributed by atoms with Gasteiger partial charge in [0.15, 0.2) is 0 Å². The molecule has 0 aliphatic heterocycles. The number of aromatic nitrogens is 1. The van der Waals surface area contributed by atoms with Gasteiger partial charge in [-0.25, -0.2) is 4.98 Å². The van der Waals surface area contributed by atoms with Crippen LogP contribution in [0.4, 0.5) is 5.82 Å². The second-order valence-corrected chi connectivity index (χ2v) is 3.96. The van der Waals surface area contributed by atoms with Crippen molar-refractivity contribution < 1.29 is 4.79 Å². The Morgan fingerprint density at radius 2 is 2.06 bits per heavy atom. The molecule has 1 aromatic heterocycles. The summed E-state index contributed by atoms with van der Waals surface area (Å²) < 4.78 is 0. The predicted molar refractivity (Wildman–Crippen MR) is 68.5 cm³/mol. The van der Waals surface area contributed by atoms with Gasteiger partial charge in [0.1, 0.15) is 5.82 Å². The van der Waals surface area contributed by atoms with Gasteiger partial charge in [-0.15, -0.1) is 0 Å². The summed E-state index contributed by atoms with van der Waals surface area (Å²) in [6.07, 6.45) is 1.78. The lowest BCUT2D eigenvalue weighted by Gasteiger charge is -2.15. The van der Waals surface area contributed by atoms with E-state index in [9.17, 15) is 4.79 Å². The van der Waals surface area contributed by atoms with Gasteiger partial charge in [0.05, 0.1) is 0 Å². The molecule has 0 bridgehead atoms. The van der Waals surface area contributed by atoms with Crippen LogP contribution in [0.25, 0.3) is 0 Å². The highest BCUT2D eigenvalue weighted by atomic mass is 16.2. The summed E-state index contributed by atoms with van der Waals surface area (Å²) in [4.78, 5) is 19.2. The van der Waals surface area contributed by atoms with E-state index in [1.165, 1.54) is 0 Å². The van der Waals surface area contributed by atoms with E-state index < -0.39 is 0 Å². The number of hydrogen-bond donors (Lipinski definition) is 0. The van der Waals surface area contributed by atoms with E-state index in [1.807, 2.05) is 31.1 Å². The largest absolute Gasteiger partial charge is 0.363 e. The summed E-state index contributed by atoms with van der Waals surface area (Å²) in [7, 11) is 5.61. The molecule has 0 spiro atoms. The Labute approximate surface area is 102 Å². The number of carbonyl (C=O) groups excluding carboxylic acids is 1. The maximum Gasteiger partial charge on any atom is 0.298 e. The average molecular weight is 231 g/mol. The zero-order valence-electron chi connectivity index (χ0n) is 10.7. The Hall–Kier alpha value is -2.02. The Balaban J connectivity index is 2.68. The van der Waals surface area contributed by atoms with Crippen LogP contribution in [-0.2, 0) is 11.3 Å². The SMILES string of the molecule is CC#CC(=O)N(C)Cc1ccc(N(C)C)nc1. The van der Waals surface area contributed by atoms with Gasteiger partial charge in [0.25, 0.3) is 5.91 Å². The van der Waals surface area contributed by atoms with Gasteiger partial charge in [-0.3, -0.25) is 4.79 Å². The molecule has 0 atom stereocenters. The lowest BCUT2D eigenvalue weighted by Crippen LogP contribution is -2.24. The highest BCUT2D eigenvalue weighted by molar-refractivity contribution is 5.93. The summed E-state index contributed by atoms with van der Waals surface area (Å²) in [5.74, 6) is 5.82. The van der Waals surface area contributed by atoms with Crippen molar-refractivity contribution in [3.8, 4) is 11.8 Å². The zero-order valence-corrected chi connectivity index (χ0v) is 10.7. The molecule has 0 fully saturated rings. The number of pyridine rings is 1. The molecule has 0 N–H and O–H groups in total. The summed E-state index contributed by atoms with van der Waals surface area (Å²) in [5, 5.41) is 0. The molecule has 0 aliphatic carbocycles. The molecular weight excluding hydrogens is 214 g/mol. The molecule has 0 unspecified atom stereocenters. The average Bonchev–Trinajstić information content (AvgIpc) is 2.30. The van der Waals surface area contributed by atoms with E-state index in [0.717, 1.165) is 11.4 Å². The molecule has 1 amide bonds. The minimum Gasteiger partial charge on any atom is -0.363 e. The van der Waals surface area contributed by atoms with Crippen molar-refractivity contribution in [2.45, 2.75) is 13.5 Å². The minimum atomic E-state index is -0.177. The normalized spacial score (nSPS) is 9.18. The monoisotopic (exact) mass is 231 g/mol. The van der Waals surface area contributed by atoms with Crippen LogP contribution in [0.3, 0.4) is 0 Å². The molecule has 0 aliphatic rings. The molecule has 4 nitrogen and oxygen atoms in total. The second kappa shape index (κ2) is 5.90. The summed E-state index contributed by atoms with van der Waals surface area (Å²) >= 11 is 0. The minimum absolute atomic E-state index is 0.177. The molecule has 1 rings (SSSR count). The third kappa shape index (κ3) is 3.80. The van der Waals surface area contributed by atoms with Gasteiger partial charge in [-0.05, 0) is 24.5 Å². The second-order valence-electron chi connectivity index (χ2n) is 3.96. The fraction of sp³-hybridized carbons (Fsp3) is 0.385. The molecule has 0 saturated carbocycles. The topological polar surface area (TPSA) is 36.4 Å². The standard InChI is InChI=1S/C13H17N3O/c1-5-6-13(17)16(4)10-11-7-8-12(14-9-11)15(2)3/h7-9H,10H2,1-4H3. The number of rotatable bonds is 3. The Morgan fingerprint density at radius 1 is 1.35 bits per heavy atom. The van der Waals surface area contributed by atoms with Crippen molar-refractivity contribution in [3.63, 3.8) is 0 Å². The molecule has 4 heteroatoms. The van der Waals surface area contributed by atoms with E-state index in [4.69, 9.17) is 0 Å². The number of carbonyl (C=O) groups is 1. The lowest BCUT2D eigenvalue weighted by atomic mass is 10.2. The van der Waals surface area contributed by atoms with Gasteiger partial charge < -0.3 is 9.80 Å². The first kappa shape index (κ1) is 13.0. The highest BCUT2D eigenvalue weighted by Gasteiger charge is 2.06. The van der Waals surface area contributed by atoms with Gasteiger partial charge in [0, 0.05) is 33.9 Å². The van der Waals surface area contributed by atoms with Gasteiger partial charge >= 0.3 is 0 Å². The van der Waals surface area contributed by atoms with Crippen molar-refractivity contribution >= 4 is 11.7 Å². The van der Waals surface area contributed by atoms with E-state index >= 15 is 0 Å². The van der Waals surface area contributed by atoms with E-state index in [2.05, 4.69) is 16.8 Å². The van der Waals surface area contributed by atoms with Gasteiger partial charge in [-0.2, -0.15) is 0 Å². The zero-order chi connectivity index (χ0) is 12.8. The number of anilines is 1. The maximum atomic E-state index is 11.4. The fourth-order valence-electron chi connectivity index (χ4n) is 1.32.